The van der Waals surface area contributed by atoms with Gasteiger partial charge >= 0.3 is 0 Å². The average molecular weight is 428 g/mol. The SMILES string of the molecule is CC(C)COc1cccc(C(=O)NC(=S)N(CCC(N)=O)CCc2ccccc2)c1. The van der Waals surface area contributed by atoms with E-state index in [1.165, 1.54) is 0 Å². The molecule has 6 nitrogen and oxygen atoms in total. The molecule has 0 saturated carbocycles. The number of thiocarbonyl (C=S) groups is 1. The zero-order chi connectivity index (χ0) is 21.9. The highest BCUT2D eigenvalue weighted by atomic mass is 32.1. The molecule has 2 amide bonds. The fraction of sp³-hybridized carbons (Fsp3) is 0.348. The predicted octanol–water partition coefficient (Wildman–Crippen LogP) is 3.16. The number of benzene rings is 2. The Bertz CT molecular complexity index is 856. The van der Waals surface area contributed by atoms with Gasteiger partial charge in [-0.2, -0.15) is 0 Å². The number of hydrogen-bond donors (Lipinski definition) is 2. The van der Waals surface area contributed by atoms with E-state index in [0.717, 1.165) is 12.0 Å². The standard InChI is InChI=1S/C23H29N3O3S/c1-17(2)16-29-20-10-6-9-19(15-20)22(28)25-23(30)26(14-12-21(24)27)13-11-18-7-4-3-5-8-18/h3-10,15,17H,11-14,16H2,1-2H3,(H2,24,27)(H,25,28,30). The molecule has 0 fully saturated rings. The summed E-state index contributed by atoms with van der Waals surface area (Å²) in [7, 11) is 0. The molecule has 30 heavy (non-hydrogen) atoms. The van der Waals surface area contributed by atoms with Gasteiger partial charge < -0.3 is 15.4 Å². The van der Waals surface area contributed by atoms with Gasteiger partial charge in [0, 0.05) is 25.1 Å². The van der Waals surface area contributed by atoms with Crippen molar-refractivity contribution in [2.24, 2.45) is 11.7 Å². The van der Waals surface area contributed by atoms with Crippen molar-refractivity contribution in [1.29, 1.82) is 0 Å². The van der Waals surface area contributed by atoms with E-state index in [4.69, 9.17) is 22.7 Å². The van der Waals surface area contributed by atoms with Gasteiger partial charge in [0.05, 0.1) is 6.61 Å². The minimum atomic E-state index is -0.413. The number of primary amides is 1. The third-order valence-corrected chi connectivity index (χ3v) is 4.69. The molecule has 0 radical (unpaired) electrons. The van der Waals surface area contributed by atoms with Crippen LogP contribution in [0, 0.1) is 5.92 Å². The molecule has 0 bridgehead atoms. The number of nitrogens with two attached hydrogens (primary N) is 1. The maximum Gasteiger partial charge on any atom is 0.257 e. The lowest BCUT2D eigenvalue weighted by Gasteiger charge is -2.25. The molecule has 0 aliphatic heterocycles. The van der Waals surface area contributed by atoms with Crippen LogP contribution in [0.5, 0.6) is 5.75 Å². The molecular weight excluding hydrogens is 398 g/mol. The second-order valence-corrected chi connectivity index (χ2v) is 7.82. The molecule has 0 saturated heterocycles. The Balaban J connectivity index is 2.01. The second-order valence-electron chi connectivity index (χ2n) is 7.43. The molecule has 7 heteroatoms. The summed E-state index contributed by atoms with van der Waals surface area (Å²) in [4.78, 5) is 25.7. The number of carbonyl (C=O) groups is 2. The Morgan fingerprint density at radius 2 is 1.83 bits per heavy atom. The Labute approximate surface area is 183 Å². The molecule has 0 spiro atoms. The van der Waals surface area contributed by atoms with Crippen LogP contribution in [0.2, 0.25) is 0 Å². The van der Waals surface area contributed by atoms with Crippen LogP contribution in [-0.4, -0.2) is 41.5 Å². The first-order valence-electron chi connectivity index (χ1n) is 10.0. The van der Waals surface area contributed by atoms with E-state index >= 15 is 0 Å². The number of carbonyl (C=O) groups excluding carboxylic acids is 2. The molecular formula is C23H29N3O3S. The summed E-state index contributed by atoms with van der Waals surface area (Å²) in [6, 6.07) is 16.9. The Morgan fingerprint density at radius 1 is 1.10 bits per heavy atom. The highest BCUT2D eigenvalue weighted by Gasteiger charge is 2.15. The van der Waals surface area contributed by atoms with Crippen molar-refractivity contribution in [1.82, 2.24) is 10.2 Å². The Hall–Kier alpha value is -2.93. The van der Waals surface area contributed by atoms with Gasteiger partial charge in [0.1, 0.15) is 5.75 Å². The molecule has 0 aliphatic rings. The molecule has 3 N–H and O–H groups in total. The van der Waals surface area contributed by atoms with Crippen molar-refractivity contribution >= 4 is 29.1 Å². The molecule has 160 valence electrons. The average Bonchev–Trinajstić information content (AvgIpc) is 2.73. The number of ether oxygens (including phenoxy) is 1. The highest BCUT2D eigenvalue weighted by molar-refractivity contribution is 7.80. The van der Waals surface area contributed by atoms with Crippen molar-refractivity contribution in [3.63, 3.8) is 0 Å². The maximum absolute atomic E-state index is 12.7. The van der Waals surface area contributed by atoms with Crippen molar-refractivity contribution in [3.05, 3.63) is 65.7 Å². The minimum Gasteiger partial charge on any atom is -0.493 e. The van der Waals surface area contributed by atoms with Crippen LogP contribution in [-0.2, 0) is 11.2 Å². The molecule has 0 unspecified atom stereocenters. The maximum atomic E-state index is 12.7. The van der Waals surface area contributed by atoms with Crippen molar-refractivity contribution in [2.45, 2.75) is 26.7 Å². The highest BCUT2D eigenvalue weighted by Crippen LogP contribution is 2.14. The van der Waals surface area contributed by atoms with Crippen molar-refractivity contribution in [3.8, 4) is 5.75 Å². The fourth-order valence-corrected chi connectivity index (χ4v) is 2.98. The molecule has 2 aromatic carbocycles. The van der Waals surface area contributed by atoms with E-state index in [2.05, 4.69) is 19.2 Å². The van der Waals surface area contributed by atoms with Crippen LogP contribution < -0.4 is 15.8 Å². The van der Waals surface area contributed by atoms with Crippen LogP contribution >= 0.6 is 12.2 Å². The summed E-state index contributed by atoms with van der Waals surface area (Å²) < 4.78 is 5.69. The van der Waals surface area contributed by atoms with Gasteiger partial charge in [0.15, 0.2) is 5.11 Å². The van der Waals surface area contributed by atoms with E-state index < -0.39 is 5.91 Å². The number of nitrogens with zero attached hydrogens (tertiary/aromatic N) is 1. The summed E-state index contributed by atoms with van der Waals surface area (Å²) >= 11 is 5.45. The van der Waals surface area contributed by atoms with E-state index in [9.17, 15) is 9.59 Å². The summed E-state index contributed by atoms with van der Waals surface area (Å²) in [5.41, 5.74) is 6.90. The van der Waals surface area contributed by atoms with E-state index in [1.54, 1.807) is 23.1 Å². The lowest BCUT2D eigenvalue weighted by Crippen LogP contribution is -2.44. The smallest absolute Gasteiger partial charge is 0.257 e. The largest absolute Gasteiger partial charge is 0.493 e. The van der Waals surface area contributed by atoms with Gasteiger partial charge in [-0.25, -0.2) is 0 Å². The van der Waals surface area contributed by atoms with Gasteiger partial charge in [0.2, 0.25) is 5.91 Å². The van der Waals surface area contributed by atoms with Gasteiger partial charge in [-0.1, -0.05) is 50.2 Å². The van der Waals surface area contributed by atoms with Crippen LogP contribution in [0.25, 0.3) is 0 Å². The number of rotatable bonds is 10. The van der Waals surface area contributed by atoms with Gasteiger partial charge in [-0.3, -0.25) is 14.9 Å². The topological polar surface area (TPSA) is 84.7 Å². The van der Waals surface area contributed by atoms with Gasteiger partial charge in [-0.05, 0) is 48.3 Å². The molecule has 0 atom stereocenters. The number of nitrogens with one attached hydrogen (secondary N) is 1. The summed E-state index contributed by atoms with van der Waals surface area (Å²) in [6.45, 7) is 5.60. The lowest BCUT2D eigenvalue weighted by molar-refractivity contribution is -0.118. The number of amides is 2. The van der Waals surface area contributed by atoms with Gasteiger partial charge in [0.25, 0.3) is 5.91 Å². The van der Waals surface area contributed by atoms with Crippen molar-refractivity contribution in [2.75, 3.05) is 19.7 Å². The van der Waals surface area contributed by atoms with Crippen LogP contribution in [0.4, 0.5) is 0 Å². The molecule has 0 aromatic heterocycles. The quantitative estimate of drug-likeness (QED) is 0.569. The number of hydrogen-bond acceptors (Lipinski definition) is 4. The van der Waals surface area contributed by atoms with Crippen LogP contribution in [0.3, 0.4) is 0 Å². The summed E-state index contributed by atoms with van der Waals surface area (Å²) in [5, 5.41) is 3.03. The minimum absolute atomic E-state index is 0.156. The van der Waals surface area contributed by atoms with E-state index in [1.807, 2.05) is 36.4 Å². The lowest BCUT2D eigenvalue weighted by atomic mass is 10.1. The zero-order valence-corrected chi connectivity index (χ0v) is 18.3. The predicted molar refractivity (Wildman–Crippen MR) is 122 cm³/mol. The molecule has 0 aliphatic carbocycles. The normalized spacial score (nSPS) is 10.5. The van der Waals surface area contributed by atoms with Crippen LogP contribution in [0.1, 0.15) is 36.2 Å². The first-order valence-corrected chi connectivity index (χ1v) is 10.4. The third-order valence-electron chi connectivity index (χ3n) is 4.33. The summed E-state index contributed by atoms with van der Waals surface area (Å²) in [6.07, 6.45) is 0.886. The fourth-order valence-electron chi connectivity index (χ4n) is 2.71. The first-order chi connectivity index (χ1) is 14.3. The first kappa shape index (κ1) is 23.3. The van der Waals surface area contributed by atoms with Crippen molar-refractivity contribution < 1.29 is 14.3 Å². The van der Waals surface area contributed by atoms with Crippen LogP contribution in [0.15, 0.2) is 54.6 Å². The second kappa shape index (κ2) is 11.9. The molecule has 2 aromatic rings. The van der Waals surface area contributed by atoms with Gasteiger partial charge in [-0.15, -0.1) is 0 Å². The molecule has 0 heterocycles. The Kier molecular flexibility index (Phi) is 9.28. The molecule has 2 rings (SSSR count). The van der Waals surface area contributed by atoms with E-state index in [-0.39, 0.29) is 17.4 Å². The Morgan fingerprint density at radius 3 is 2.50 bits per heavy atom. The summed E-state index contributed by atoms with van der Waals surface area (Å²) in [5.74, 6) is 0.290. The zero-order valence-electron chi connectivity index (χ0n) is 17.5. The monoisotopic (exact) mass is 427 g/mol. The van der Waals surface area contributed by atoms with E-state index in [0.29, 0.717) is 36.9 Å². The third kappa shape index (κ3) is 8.21.